The Balaban J connectivity index is 2.15. The van der Waals surface area contributed by atoms with E-state index < -0.39 is 208 Å². The van der Waals surface area contributed by atoms with Crippen LogP contribution in [0.4, 0.5) is 0 Å². The minimum absolute atomic E-state index is 0.0716. The maximum absolute atomic E-state index is 13.5. The molecule has 2 aliphatic rings. The van der Waals surface area contributed by atoms with Crippen molar-refractivity contribution in [3.63, 3.8) is 0 Å². The molecule has 2 fully saturated rings. The molecule has 33 heteroatoms. The van der Waals surface area contributed by atoms with Crippen LogP contribution in [0.3, 0.4) is 0 Å². The van der Waals surface area contributed by atoms with E-state index in [2.05, 4.69) is 42.5 Å². The van der Waals surface area contributed by atoms with Gasteiger partial charge >= 0.3 is 11.9 Å². The molecule has 0 aromatic heterocycles. The normalized spacial score (nSPS) is 25.9. The standard InChI is InChI=1S/C41H68N10O23/c1-15(46-36(66)16(2)71-33-29(48-18(4)56)40(70)72-24(14-54)32(33)74-41-28(47-17(3)55)31(63)30(62)23(13-53)73-41)35(65)50-20(34(43)64)7-8-25(57)49-21(38(68)45-11-27(60)61)6-5-9-44-39(69)22(12-52)51-37(67)19(42)10-26(58)59/h15-16,19-24,28-33,40-41,52-54,62-63,70H,5-14,42H2,1-4H3,(H2,43,64)(H,44,69)(H,45,68)(H,46,66)(H,47,55)(H,48,56)(H,49,57)(H,50,65)(H,51,67)(H,58,59)(H,60,61). The summed E-state index contributed by atoms with van der Waals surface area (Å²) in [5, 5.41) is 97.9. The molecular formula is C41H68N10O23. The van der Waals surface area contributed by atoms with Crippen LogP contribution in [-0.4, -0.2) is 236 Å². The Hall–Kier alpha value is -6.27. The lowest BCUT2D eigenvalue weighted by Gasteiger charge is -2.48. The van der Waals surface area contributed by atoms with Gasteiger partial charge in [-0.25, -0.2) is 0 Å². The van der Waals surface area contributed by atoms with Gasteiger partial charge in [0.25, 0.3) is 0 Å². The Morgan fingerprint density at radius 1 is 0.649 bits per heavy atom. The summed E-state index contributed by atoms with van der Waals surface area (Å²) in [6, 6.07) is -10.6. The van der Waals surface area contributed by atoms with E-state index >= 15 is 0 Å². The van der Waals surface area contributed by atoms with Gasteiger partial charge in [-0.2, -0.15) is 0 Å². The molecule has 74 heavy (non-hydrogen) atoms. The van der Waals surface area contributed by atoms with E-state index in [9.17, 15) is 83.4 Å². The first kappa shape index (κ1) is 63.8. The third kappa shape index (κ3) is 20.2. The van der Waals surface area contributed by atoms with Gasteiger partial charge in [0.1, 0.15) is 85.5 Å². The molecular weight excluding hydrogens is 1000 g/mol. The molecule has 9 amide bonds. The molecule has 0 aromatic carbocycles. The van der Waals surface area contributed by atoms with Gasteiger partial charge < -0.3 is 114 Å². The van der Waals surface area contributed by atoms with Crippen molar-refractivity contribution in [3.8, 4) is 0 Å². The number of ether oxygens (including phenoxy) is 4. The zero-order valence-electron chi connectivity index (χ0n) is 40.7. The van der Waals surface area contributed by atoms with Crippen molar-refractivity contribution < 1.29 is 113 Å². The van der Waals surface area contributed by atoms with Crippen LogP contribution in [0.25, 0.3) is 0 Å². The summed E-state index contributed by atoms with van der Waals surface area (Å²) in [5.74, 6) is -11.3. The largest absolute Gasteiger partial charge is 0.481 e. The Morgan fingerprint density at radius 2 is 1.24 bits per heavy atom. The number of aliphatic carboxylic acids is 2. The van der Waals surface area contributed by atoms with E-state index in [1.165, 1.54) is 13.8 Å². The molecule has 420 valence electrons. The SMILES string of the molecule is CC(=O)NC1C(OC2C(CO)OC(O)C(NC(C)=O)C2OC(C)C(=O)NC(C)C(=O)NC(CCC(=O)NC(CCCNC(=O)C(CO)NC(=O)C(N)CC(=O)O)C(=O)NCC(=O)O)C(N)=O)OC(CO)C(O)C1O. The summed E-state index contributed by atoms with van der Waals surface area (Å²) in [5.41, 5.74) is 11.0. The fraction of sp³-hybridized carbons (Fsp3) is 0.732. The lowest BCUT2D eigenvalue weighted by molar-refractivity contribution is -0.333. The maximum Gasteiger partial charge on any atom is 0.322 e. The fourth-order valence-electron chi connectivity index (χ4n) is 7.29. The zero-order chi connectivity index (χ0) is 56.1. The Bertz CT molecular complexity index is 1990. The highest BCUT2D eigenvalue weighted by Crippen LogP contribution is 2.31. The van der Waals surface area contributed by atoms with Crippen LogP contribution >= 0.6 is 0 Å². The number of carboxylic acids is 2. The van der Waals surface area contributed by atoms with Crippen LogP contribution in [0.15, 0.2) is 0 Å². The highest BCUT2D eigenvalue weighted by molar-refractivity contribution is 5.93. The monoisotopic (exact) mass is 1070 g/mol. The smallest absolute Gasteiger partial charge is 0.322 e. The van der Waals surface area contributed by atoms with E-state index in [0.717, 1.165) is 13.8 Å². The number of nitrogens with one attached hydrogen (secondary N) is 8. The predicted molar refractivity (Wildman–Crippen MR) is 242 cm³/mol. The number of hydrogen-bond donors (Lipinski definition) is 18. The molecule has 20 N–H and O–H groups in total. The number of rotatable bonds is 30. The summed E-state index contributed by atoms with van der Waals surface area (Å²) >= 11 is 0. The summed E-state index contributed by atoms with van der Waals surface area (Å²) < 4.78 is 23.1. The first-order chi connectivity index (χ1) is 34.6. The van der Waals surface area contributed by atoms with Crippen molar-refractivity contribution in [1.82, 2.24) is 42.5 Å². The Kier molecular flexibility index (Phi) is 26.6. The van der Waals surface area contributed by atoms with Gasteiger partial charge in [-0.3, -0.25) is 52.7 Å². The molecule has 16 atom stereocenters. The topological polar surface area (TPSA) is 535 Å². The van der Waals surface area contributed by atoms with Crippen molar-refractivity contribution in [2.24, 2.45) is 11.5 Å². The number of carbonyl (C=O) groups excluding carboxylic acids is 9. The average Bonchev–Trinajstić information content (AvgIpc) is 3.32. The second kappa shape index (κ2) is 30.8. The van der Waals surface area contributed by atoms with Gasteiger partial charge in [0.05, 0.1) is 32.3 Å². The molecule has 2 heterocycles. The van der Waals surface area contributed by atoms with Crippen LogP contribution in [-0.2, 0) is 71.7 Å². The van der Waals surface area contributed by atoms with Crippen LogP contribution in [0.5, 0.6) is 0 Å². The summed E-state index contributed by atoms with van der Waals surface area (Å²) in [4.78, 5) is 136. The number of amides is 9. The van der Waals surface area contributed by atoms with Crippen LogP contribution in [0, 0.1) is 0 Å². The highest BCUT2D eigenvalue weighted by Gasteiger charge is 2.53. The van der Waals surface area contributed by atoms with E-state index in [1.807, 2.05) is 0 Å². The predicted octanol–water partition coefficient (Wildman–Crippen LogP) is -10.6. The number of hydrogen-bond acceptors (Lipinski definition) is 22. The second-order valence-corrected chi connectivity index (χ2v) is 17.1. The van der Waals surface area contributed by atoms with E-state index in [1.54, 1.807) is 0 Å². The molecule has 33 nitrogen and oxygen atoms in total. The van der Waals surface area contributed by atoms with Gasteiger partial charge in [0.15, 0.2) is 12.6 Å². The minimum Gasteiger partial charge on any atom is -0.481 e. The van der Waals surface area contributed by atoms with Crippen molar-refractivity contribution in [2.75, 3.05) is 32.9 Å². The number of primary amides is 1. The van der Waals surface area contributed by atoms with Crippen LogP contribution < -0.4 is 54.0 Å². The molecule has 2 aliphatic heterocycles. The quantitative estimate of drug-likeness (QED) is 0.0297. The van der Waals surface area contributed by atoms with Crippen molar-refractivity contribution in [2.45, 2.75) is 157 Å². The molecule has 2 saturated heterocycles. The van der Waals surface area contributed by atoms with Gasteiger partial charge in [0.2, 0.25) is 53.2 Å². The zero-order valence-corrected chi connectivity index (χ0v) is 40.7. The molecule has 0 radical (unpaired) electrons. The molecule has 0 saturated carbocycles. The Labute approximate surface area is 421 Å². The Morgan fingerprint density at radius 3 is 1.80 bits per heavy atom. The van der Waals surface area contributed by atoms with E-state index in [0.29, 0.717) is 0 Å². The van der Waals surface area contributed by atoms with Crippen LogP contribution in [0.2, 0.25) is 0 Å². The molecule has 0 spiro atoms. The molecule has 16 unspecified atom stereocenters. The first-order valence-corrected chi connectivity index (χ1v) is 22.9. The summed E-state index contributed by atoms with van der Waals surface area (Å²) in [6.45, 7) is 0.758. The number of aliphatic hydroxyl groups is 6. The second-order valence-electron chi connectivity index (χ2n) is 17.1. The van der Waals surface area contributed by atoms with Gasteiger partial charge in [-0.1, -0.05) is 0 Å². The third-order valence-electron chi connectivity index (χ3n) is 11.1. The summed E-state index contributed by atoms with van der Waals surface area (Å²) in [6.07, 6.45) is -17.2. The maximum atomic E-state index is 13.5. The fourth-order valence-corrected chi connectivity index (χ4v) is 7.29. The summed E-state index contributed by atoms with van der Waals surface area (Å²) in [7, 11) is 0. The van der Waals surface area contributed by atoms with E-state index in [-0.39, 0.29) is 19.4 Å². The number of carboxylic acid groups (broad SMARTS) is 2. The molecule has 0 aromatic rings. The molecule has 0 aliphatic carbocycles. The van der Waals surface area contributed by atoms with Crippen molar-refractivity contribution >= 4 is 65.1 Å². The number of aliphatic hydroxyl groups excluding tert-OH is 6. The van der Waals surface area contributed by atoms with Gasteiger partial charge in [0, 0.05) is 26.8 Å². The highest BCUT2D eigenvalue weighted by atomic mass is 16.7. The van der Waals surface area contributed by atoms with Gasteiger partial charge in [-0.05, 0) is 33.1 Å². The third-order valence-corrected chi connectivity index (χ3v) is 11.1. The van der Waals surface area contributed by atoms with Crippen molar-refractivity contribution in [1.29, 1.82) is 0 Å². The van der Waals surface area contributed by atoms with Gasteiger partial charge in [-0.15, -0.1) is 0 Å². The number of nitrogens with two attached hydrogens (primary N) is 2. The van der Waals surface area contributed by atoms with Crippen molar-refractivity contribution in [3.05, 3.63) is 0 Å². The average molecular weight is 1070 g/mol. The lowest BCUT2D eigenvalue weighted by atomic mass is 9.94. The first-order valence-electron chi connectivity index (χ1n) is 22.9. The lowest BCUT2D eigenvalue weighted by Crippen LogP contribution is -2.70. The minimum atomic E-state index is -1.92. The van der Waals surface area contributed by atoms with Crippen LogP contribution in [0.1, 0.15) is 59.8 Å². The molecule has 2 rings (SSSR count). The number of carbonyl (C=O) groups is 11. The van der Waals surface area contributed by atoms with E-state index in [4.69, 9.17) is 40.6 Å². The molecule has 0 bridgehead atoms.